The normalized spacial score (nSPS) is 15.2. The third kappa shape index (κ3) is 4.84. The van der Waals surface area contributed by atoms with Gasteiger partial charge in [0.05, 0.1) is 0 Å². The van der Waals surface area contributed by atoms with E-state index in [0.29, 0.717) is 17.4 Å². The maximum atomic E-state index is 12.1. The number of carbonyl (C=O) groups excluding carboxylic acids is 1. The van der Waals surface area contributed by atoms with Crippen LogP contribution in [0.25, 0.3) is 0 Å². The summed E-state index contributed by atoms with van der Waals surface area (Å²) < 4.78 is 11.8. The smallest absolute Gasteiger partial charge is 0.273 e. The molecule has 0 unspecified atom stereocenters. The van der Waals surface area contributed by atoms with Crippen LogP contribution in [0.4, 0.5) is 0 Å². The van der Waals surface area contributed by atoms with E-state index in [4.69, 9.17) is 9.26 Å². The lowest BCUT2D eigenvalue weighted by Gasteiger charge is -2.21. The van der Waals surface area contributed by atoms with Gasteiger partial charge in [0.1, 0.15) is 12.4 Å². The Labute approximate surface area is 149 Å². The van der Waals surface area contributed by atoms with Gasteiger partial charge in [-0.25, -0.2) is 0 Å². The van der Waals surface area contributed by atoms with Gasteiger partial charge in [0.15, 0.2) is 11.5 Å². The highest BCUT2D eigenvalue weighted by molar-refractivity contribution is 9.10. The van der Waals surface area contributed by atoms with E-state index in [0.717, 1.165) is 16.8 Å². The van der Waals surface area contributed by atoms with Gasteiger partial charge in [-0.2, -0.15) is 0 Å². The molecule has 1 amide bonds. The molecule has 1 aliphatic rings. The van der Waals surface area contributed by atoms with Gasteiger partial charge in [0.25, 0.3) is 5.91 Å². The van der Waals surface area contributed by atoms with Crippen molar-refractivity contribution in [3.8, 4) is 5.75 Å². The average Bonchev–Trinajstić information content (AvgIpc) is 3.08. The Bertz CT molecular complexity index is 680. The summed E-state index contributed by atoms with van der Waals surface area (Å²) in [6, 6.07) is 9.18. The summed E-state index contributed by atoms with van der Waals surface area (Å²) in [5, 5.41) is 6.79. The molecule has 1 heterocycles. The number of halogens is 1. The number of ether oxygens (including phenoxy) is 1. The molecule has 2 aromatic rings. The third-order valence-corrected chi connectivity index (χ3v) is 4.74. The van der Waals surface area contributed by atoms with E-state index in [-0.39, 0.29) is 12.5 Å². The molecule has 1 aliphatic carbocycles. The maximum Gasteiger partial charge on any atom is 0.273 e. The molecule has 0 aliphatic heterocycles. The second kappa shape index (κ2) is 8.33. The minimum Gasteiger partial charge on any atom is -0.486 e. The van der Waals surface area contributed by atoms with Crippen molar-refractivity contribution >= 4 is 21.8 Å². The summed E-state index contributed by atoms with van der Waals surface area (Å²) in [5.74, 6) is 1.66. The van der Waals surface area contributed by atoms with Gasteiger partial charge < -0.3 is 14.6 Å². The number of hydrogen-bond acceptors (Lipinski definition) is 4. The van der Waals surface area contributed by atoms with E-state index < -0.39 is 0 Å². The number of carbonyl (C=O) groups is 1. The van der Waals surface area contributed by atoms with Crippen molar-refractivity contribution < 1.29 is 14.1 Å². The lowest BCUT2D eigenvalue weighted by molar-refractivity contribution is 0.0934. The molecule has 0 spiro atoms. The topological polar surface area (TPSA) is 64.4 Å². The van der Waals surface area contributed by atoms with Gasteiger partial charge in [-0.15, -0.1) is 0 Å². The Kier molecular flexibility index (Phi) is 5.91. The molecular formula is C18H21BrN2O3. The largest absolute Gasteiger partial charge is 0.486 e. The summed E-state index contributed by atoms with van der Waals surface area (Å²) in [5.41, 5.74) is 0.304. The van der Waals surface area contributed by atoms with Gasteiger partial charge >= 0.3 is 0 Å². The Morgan fingerprint density at radius 3 is 2.92 bits per heavy atom. The van der Waals surface area contributed by atoms with Crippen molar-refractivity contribution in [2.75, 3.05) is 6.54 Å². The van der Waals surface area contributed by atoms with Crippen LogP contribution in [-0.2, 0) is 6.61 Å². The van der Waals surface area contributed by atoms with Crippen LogP contribution < -0.4 is 10.1 Å². The zero-order valence-electron chi connectivity index (χ0n) is 13.5. The van der Waals surface area contributed by atoms with Crippen molar-refractivity contribution in [2.24, 2.45) is 5.92 Å². The number of amides is 1. The van der Waals surface area contributed by atoms with Crippen LogP contribution >= 0.6 is 15.9 Å². The van der Waals surface area contributed by atoms with E-state index in [2.05, 4.69) is 26.4 Å². The second-order valence-electron chi connectivity index (χ2n) is 6.14. The standard InChI is InChI=1S/C18H21BrN2O3/c19-14-7-4-8-15(9-14)23-12-16-10-17(21-24-16)18(22)20-11-13-5-2-1-3-6-13/h4,7-10,13H,1-3,5-6,11-12H2,(H,20,22). The Hall–Kier alpha value is -1.82. The highest BCUT2D eigenvalue weighted by atomic mass is 79.9. The predicted molar refractivity (Wildman–Crippen MR) is 93.9 cm³/mol. The van der Waals surface area contributed by atoms with Crippen LogP contribution in [0.1, 0.15) is 48.4 Å². The fraction of sp³-hybridized carbons (Fsp3) is 0.444. The highest BCUT2D eigenvalue weighted by Crippen LogP contribution is 2.23. The van der Waals surface area contributed by atoms with E-state index >= 15 is 0 Å². The Balaban J connectivity index is 1.48. The summed E-state index contributed by atoms with van der Waals surface area (Å²) in [6.45, 7) is 0.953. The molecule has 5 nitrogen and oxygen atoms in total. The Morgan fingerprint density at radius 1 is 1.29 bits per heavy atom. The Morgan fingerprint density at radius 2 is 2.12 bits per heavy atom. The number of hydrogen-bond donors (Lipinski definition) is 1. The van der Waals surface area contributed by atoms with E-state index in [1.54, 1.807) is 6.07 Å². The van der Waals surface area contributed by atoms with Crippen molar-refractivity contribution in [2.45, 2.75) is 38.7 Å². The first-order valence-electron chi connectivity index (χ1n) is 8.33. The fourth-order valence-corrected chi connectivity index (χ4v) is 3.30. The van der Waals surface area contributed by atoms with Crippen LogP contribution in [0.15, 0.2) is 39.3 Å². The first kappa shape index (κ1) is 17.0. The second-order valence-corrected chi connectivity index (χ2v) is 7.05. The number of aromatic nitrogens is 1. The molecule has 3 rings (SSSR count). The molecular weight excluding hydrogens is 372 g/mol. The molecule has 1 aromatic heterocycles. The average molecular weight is 393 g/mol. The van der Waals surface area contributed by atoms with Gasteiger partial charge in [0, 0.05) is 17.1 Å². The van der Waals surface area contributed by atoms with Gasteiger partial charge in [-0.3, -0.25) is 4.79 Å². The lowest BCUT2D eigenvalue weighted by atomic mass is 9.89. The molecule has 1 saturated carbocycles. The molecule has 6 heteroatoms. The quantitative estimate of drug-likeness (QED) is 0.794. The monoisotopic (exact) mass is 392 g/mol. The van der Waals surface area contributed by atoms with Crippen molar-refractivity contribution in [3.05, 3.63) is 46.3 Å². The molecule has 1 fully saturated rings. The van der Waals surface area contributed by atoms with Crippen molar-refractivity contribution in [3.63, 3.8) is 0 Å². The van der Waals surface area contributed by atoms with Crippen molar-refractivity contribution in [1.29, 1.82) is 0 Å². The molecule has 0 saturated heterocycles. The zero-order chi connectivity index (χ0) is 16.8. The van der Waals surface area contributed by atoms with Gasteiger partial charge in [-0.05, 0) is 37.0 Å². The maximum absolute atomic E-state index is 12.1. The molecule has 128 valence electrons. The molecule has 0 radical (unpaired) electrons. The number of rotatable bonds is 6. The number of benzene rings is 1. The first-order valence-corrected chi connectivity index (χ1v) is 9.12. The van der Waals surface area contributed by atoms with Crippen molar-refractivity contribution in [1.82, 2.24) is 10.5 Å². The summed E-state index contributed by atoms with van der Waals surface area (Å²) in [7, 11) is 0. The SMILES string of the molecule is O=C(NCC1CCCCC1)c1cc(COc2cccc(Br)c2)on1. The highest BCUT2D eigenvalue weighted by Gasteiger charge is 2.17. The third-order valence-electron chi connectivity index (χ3n) is 4.24. The van der Waals surface area contributed by atoms with Crippen LogP contribution in [-0.4, -0.2) is 17.6 Å². The van der Waals surface area contributed by atoms with E-state index in [1.165, 1.54) is 32.1 Å². The molecule has 0 atom stereocenters. The summed E-state index contributed by atoms with van der Waals surface area (Å²) in [6.07, 6.45) is 6.24. The lowest BCUT2D eigenvalue weighted by Crippen LogP contribution is -2.30. The summed E-state index contributed by atoms with van der Waals surface area (Å²) >= 11 is 3.39. The van der Waals surface area contributed by atoms with Crippen LogP contribution in [0, 0.1) is 5.92 Å². The summed E-state index contributed by atoms with van der Waals surface area (Å²) in [4.78, 5) is 12.1. The van der Waals surface area contributed by atoms with Crippen LogP contribution in [0.5, 0.6) is 5.75 Å². The van der Waals surface area contributed by atoms with E-state index in [1.807, 2.05) is 24.3 Å². The van der Waals surface area contributed by atoms with Gasteiger partial charge in [-0.1, -0.05) is 46.4 Å². The first-order chi connectivity index (χ1) is 11.7. The zero-order valence-corrected chi connectivity index (χ0v) is 15.0. The minimum absolute atomic E-state index is 0.182. The molecule has 1 N–H and O–H groups in total. The van der Waals surface area contributed by atoms with Crippen LogP contribution in [0.3, 0.4) is 0 Å². The molecule has 24 heavy (non-hydrogen) atoms. The number of nitrogens with one attached hydrogen (secondary N) is 1. The molecule has 0 bridgehead atoms. The fourth-order valence-electron chi connectivity index (χ4n) is 2.92. The minimum atomic E-state index is -0.182. The molecule has 1 aromatic carbocycles. The van der Waals surface area contributed by atoms with E-state index in [9.17, 15) is 4.79 Å². The van der Waals surface area contributed by atoms with Crippen LogP contribution in [0.2, 0.25) is 0 Å². The van der Waals surface area contributed by atoms with Gasteiger partial charge in [0.2, 0.25) is 0 Å². The predicted octanol–water partition coefficient (Wildman–Crippen LogP) is 4.33. The number of nitrogens with zero attached hydrogens (tertiary/aromatic N) is 1.